The molecule has 8 nitrogen and oxygen atoms in total. The number of hydrogen-bond acceptors (Lipinski definition) is 9. The predicted molar refractivity (Wildman–Crippen MR) is 122 cm³/mol. The van der Waals surface area contributed by atoms with E-state index >= 15 is 0 Å². The largest absolute Gasteiger partial charge is 0.366 e. The predicted octanol–water partition coefficient (Wildman–Crippen LogP) is 3.85. The number of thiazole rings is 1. The molecule has 1 aliphatic heterocycles. The summed E-state index contributed by atoms with van der Waals surface area (Å²) in [5, 5.41) is 16.6. The zero-order valence-corrected chi connectivity index (χ0v) is 17.7. The van der Waals surface area contributed by atoms with Gasteiger partial charge in [0.15, 0.2) is 5.13 Å². The Bertz CT molecular complexity index is 1110. The van der Waals surface area contributed by atoms with Crippen LogP contribution in [-0.4, -0.2) is 47.8 Å². The van der Waals surface area contributed by atoms with Crippen molar-refractivity contribution < 1.29 is 0 Å². The summed E-state index contributed by atoms with van der Waals surface area (Å²) < 4.78 is 0. The highest BCUT2D eigenvalue weighted by Crippen LogP contribution is 2.34. The molecule has 1 aromatic carbocycles. The molecule has 0 amide bonds. The number of nitrogens with zero attached hydrogens (tertiary/aromatic N) is 6. The SMILES string of the molecule is CNc1nc(C)c(-c2nc(Nc3cccc(N4CC=NCCC4)c3)ncc2C#N)s1. The van der Waals surface area contributed by atoms with Gasteiger partial charge in [-0.3, -0.25) is 4.99 Å². The second-order valence-corrected chi connectivity index (χ2v) is 7.81. The van der Waals surface area contributed by atoms with Gasteiger partial charge in [-0.1, -0.05) is 17.4 Å². The van der Waals surface area contributed by atoms with E-state index in [4.69, 9.17) is 0 Å². The molecular formula is C21H22N8S. The fourth-order valence-corrected chi connectivity index (χ4v) is 4.18. The molecule has 0 spiro atoms. The van der Waals surface area contributed by atoms with E-state index in [1.54, 1.807) is 6.20 Å². The van der Waals surface area contributed by atoms with Crippen LogP contribution in [0.5, 0.6) is 0 Å². The normalized spacial score (nSPS) is 13.6. The second-order valence-electron chi connectivity index (χ2n) is 6.81. The topological polar surface area (TPSA) is 102 Å². The molecule has 4 rings (SSSR count). The molecule has 0 atom stereocenters. The lowest BCUT2D eigenvalue weighted by Crippen LogP contribution is -2.25. The van der Waals surface area contributed by atoms with Gasteiger partial charge in [0.1, 0.15) is 11.8 Å². The zero-order chi connectivity index (χ0) is 20.9. The van der Waals surface area contributed by atoms with Crippen molar-refractivity contribution in [1.29, 1.82) is 5.26 Å². The Kier molecular flexibility index (Phi) is 5.86. The molecule has 0 unspecified atom stereocenters. The van der Waals surface area contributed by atoms with E-state index in [0.717, 1.165) is 53.1 Å². The molecule has 0 aliphatic carbocycles. The lowest BCUT2D eigenvalue weighted by atomic mass is 10.2. The molecule has 2 N–H and O–H groups in total. The molecule has 152 valence electrons. The standard InChI is InChI=1S/C21H22N8S/c1-14-19(30-21(23-2)26-14)18-15(12-22)13-25-20(28-18)27-16-5-3-6-17(11-16)29-9-4-7-24-8-10-29/h3,5-6,8,11,13H,4,7,9-10H2,1-2H3,(H,23,26)(H,25,27,28). The maximum Gasteiger partial charge on any atom is 0.227 e. The molecule has 0 saturated heterocycles. The number of aromatic nitrogens is 3. The van der Waals surface area contributed by atoms with Gasteiger partial charge in [0.25, 0.3) is 0 Å². The van der Waals surface area contributed by atoms with Crippen molar-refractivity contribution in [3.63, 3.8) is 0 Å². The number of nitrogens with one attached hydrogen (secondary N) is 2. The number of benzene rings is 1. The fraction of sp³-hybridized carbons (Fsp3) is 0.286. The molecule has 1 aliphatic rings. The Labute approximate surface area is 179 Å². The van der Waals surface area contributed by atoms with Crippen LogP contribution < -0.4 is 15.5 Å². The highest BCUT2D eigenvalue weighted by Gasteiger charge is 2.16. The fourth-order valence-electron chi connectivity index (χ4n) is 3.26. The second kappa shape index (κ2) is 8.88. The molecular weight excluding hydrogens is 396 g/mol. The minimum atomic E-state index is 0.424. The molecule has 30 heavy (non-hydrogen) atoms. The van der Waals surface area contributed by atoms with Gasteiger partial charge in [-0.15, -0.1) is 0 Å². The van der Waals surface area contributed by atoms with Crippen molar-refractivity contribution >= 4 is 40.0 Å². The van der Waals surface area contributed by atoms with Crippen LogP contribution in [0.25, 0.3) is 10.6 Å². The van der Waals surface area contributed by atoms with Gasteiger partial charge in [-0.2, -0.15) is 5.26 Å². The average molecular weight is 419 g/mol. The van der Waals surface area contributed by atoms with E-state index in [-0.39, 0.29) is 0 Å². The monoisotopic (exact) mass is 418 g/mol. The Balaban J connectivity index is 1.62. The van der Waals surface area contributed by atoms with Gasteiger partial charge in [-0.05, 0) is 31.5 Å². The first-order chi connectivity index (χ1) is 14.7. The Hall–Kier alpha value is -3.51. The Morgan fingerprint density at radius 3 is 2.97 bits per heavy atom. The van der Waals surface area contributed by atoms with Crippen LogP contribution in [-0.2, 0) is 0 Å². The third-order valence-electron chi connectivity index (χ3n) is 4.75. The molecule has 0 fully saturated rings. The summed E-state index contributed by atoms with van der Waals surface area (Å²) in [7, 11) is 1.82. The summed E-state index contributed by atoms with van der Waals surface area (Å²) in [6, 6.07) is 10.3. The lowest BCUT2D eigenvalue weighted by molar-refractivity contribution is 0.806. The van der Waals surface area contributed by atoms with Crippen molar-refractivity contribution in [3.05, 3.63) is 41.7 Å². The number of anilines is 4. The first-order valence-corrected chi connectivity index (χ1v) is 10.5. The van der Waals surface area contributed by atoms with Crippen LogP contribution in [0.4, 0.5) is 22.5 Å². The molecule has 0 saturated carbocycles. The molecule has 3 aromatic rings. The lowest BCUT2D eigenvalue weighted by Gasteiger charge is -2.22. The van der Waals surface area contributed by atoms with Crippen LogP contribution in [0.3, 0.4) is 0 Å². The van der Waals surface area contributed by atoms with E-state index < -0.39 is 0 Å². The molecule has 0 bridgehead atoms. The van der Waals surface area contributed by atoms with Crippen molar-refractivity contribution in [1.82, 2.24) is 15.0 Å². The van der Waals surface area contributed by atoms with Gasteiger partial charge < -0.3 is 15.5 Å². The first-order valence-electron chi connectivity index (χ1n) is 9.71. The number of rotatable bonds is 5. The zero-order valence-electron chi connectivity index (χ0n) is 16.9. The summed E-state index contributed by atoms with van der Waals surface area (Å²) in [5.41, 5.74) is 3.86. The minimum Gasteiger partial charge on any atom is -0.366 e. The summed E-state index contributed by atoms with van der Waals surface area (Å²) in [6.45, 7) is 4.57. The molecule has 9 heteroatoms. The van der Waals surface area contributed by atoms with Gasteiger partial charge in [-0.25, -0.2) is 15.0 Å². The van der Waals surface area contributed by atoms with Crippen molar-refractivity contribution in [3.8, 4) is 16.6 Å². The summed E-state index contributed by atoms with van der Waals surface area (Å²) in [5.74, 6) is 0.442. The van der Waals surface area contributed by atoms with Crippen LogP contribution >= 0.6 is 11.3 Å². The Morgan fingerprint density at radius 2 is 2.17 bits per heavy atom. The summed E-state index contributed by atoms with van der Waals surface area (Å²) >= 11 is 1.47. The van der Waals surface area contributed by atoms with Crippen molar-refractivity contribution in [2.24, 2.45) is 4.99 Å². The average Bonchev–Trinajstić information content (AvgIpc) is 2.96. The molecule has 0 radical (unpaired) electrons. The summed E-state index contributed by atoms with van der Waals surface area (Å²) in [6.07, 6.45) is 4.57. The Morgan fingerprint density at radius 1 is 1.27 bits per heavy atom. The van der Waals surface area contributed by atoms with Crippen LogP contribution in [0.2, 0.25) is 0 Å². The van der Waals surface area contributed by atoms with Crippen LogP contribution in [0.15, 0.2) is 35.5 Å². The van der Waals surface area contributed by atoms with E-state index in [2.05, 4.69) is 53.7 Å². The van der Waals surface area contributed by atoms with Gasteiger partial charge in [0.2, 0.25) is 5.95 Å². The number of nitriles is 1. The van der Waals surface area contributed by atoms with Crippen molar-refractivity contribution in [2.75, 3.05) is 42.2 Å². The van der Waals surface area contributed by atoms with Gasteiger partial charge in [0.05, 0.1) is 28.9 Å². The molecule has 2 aromatic heterocycles. The van der Waals surface area contributed by atoms with Gasteiger partial charge >= 0.3 is 0 Å². The quantitative estimate of drug-likeness (QED) is 0.649. The van der Waals surface area contributed by atoms with Crippen molar-refractivity contribution in [2.45, 2.75) is 13.3 Å². The van der Waals surface area contributed by atoms with E-state index in [1.165, 1.54) is 11.3 Å². The highest BCUT2D eigenvalue weighted by molar-refractivity contribution is 7.19. The molecule has 3 heterocycles. The first kappa shape index (κ1) is 19.8. The smallest absolute Gasteiger partial charge is 0.227 e. The number of hydrogen-bond donors (Lipinski definition) is 2. The maximum absolute atomic E-state index is 9.52. The maximum atomic E-state index is 9.52. The number of aliphatic imine (C=N–C) groups is 1. The van der Waals surface area contributed by atoms with E-state index in [9.17, 15) is 5.26 Å². The van der Waals surface area contributed by atoms with E-state index in [1.807, 2.05) is 32.3 Å². The minimum absolute atomic E-state index is 0.424. The number of aryl methyl sites for hydroxylation is 1. The third kappa shape index (κ3) is 4.23. The van der Waals surface area contributed by atoms with Gasteiger partial charge in [0, 0.05) is 37.7 Å². The third-order valence-corrected chi connectivity index (χ3v) is 5.93. The highest BCUT2D eigenvalue weighted by atomic mass is 32.1. The summed E-state index contributed by atoms with van der Waals surface area (Å²) in [4.78, 5) is 21.0. The van der Waals surface area contributed by atoms with Crippen LogP contribution in [0, 0.1) is 18.3 Å². The van der Waals surface area contributed by atoms with E-state index in [0.29, 0.717) is 17.2 Å². The van der Waals surface area contributed by atoms with Crippen LogP contribution in [0.1, 0.15) is 17.7 Å².